The van der Waals surface area contributed by atoms with Crippen LogP contribution in [-0.2, 0) is 6.54 Å². The molecule has 0 saturated carbocycles. The van der Waals surface area contributed by atoms with Crippen molar-refractivity contribution in [2.24, 2.45) is 0 Å². The summed E-state index contributed by atoms with van der Waals surface area (Å²) in [5, 5.41) is 3.09. The second kappa shape index (κ2) is 5.98. The third-order valence-corrected chi connectivity index (χ3v) is 3.30. The highest BCUT2D eigenvalue weighted by Crippen LogP contribution is 2.11. The van der Waals surface area contributed by atoms with Gasteiger partial charge in [0.1, 0.15) is 5.82 Å². The fourth-order valence-electron chi connectivity index (χ4n) is 2.23. The molecule has 94 valence electrons. The Labute approximate surface area is 104 Å². The largest absolute Gasteiger partial charge is 0.373 e. The minimum absolute atomic E-state index is 0.953. The molecule has 0 aliphatic carbocycles. The van der Waals surface area contributed by atoms with Gasteiger partial charge in [-0.25, -0.2) is 4.98 Å². The first-order chi connectivity index (χ1) is 8.28. The standard InChI is InChI=1S/C13H22N4/c1-14-13-10-12(4-5-15-13)11-17-7-3-6-16(2)8-9-17/h4-5,10H,3,6-9,11H2,1-2H3,(H,14,15). The summed E-state index contributed by atoms with van der Waals surface area (Å²) in [5.74, 6) is 0.953. The van der Waals surface area contributed by atoms with Gasteiger partial charge in [0.15, 0.2) is 0 Å². The fourth-order valence-corrected chi connectivity index (χ4v) is 2.23. The molecule has 0 radical (unpaired) electrons. The number of rotatable bonds is 3. The molecule has 2 rings (SSSR count). The summed E-state index contributed by atoms with van der Waals surface area (Å²) in [6.45, 7) is 5.78. The summed E-state index contributed by atoms with van der Waals surface area (Å²) in [4.78, 5) is 9.18. The molecule has 1 aromatic heterocycles. The molecule has 4 heteroatoms. The molecule has 17 heavy (non-hydrogen) atoms. The van der Waals surface area contributed by atoms with E-state index in [0.29, 0.717) is 0 Å². The van der Waals surface area contributed by atoms with Crippen LogP contribution in [0.1, 0.15) is 12.0 Å². The second-order valence-corrected chi connectivity index (χ2v) is 4.73. The minimum Gasteiger partial charge on any atom is -0.373 e. The summed E-state index contributed by atoms with van der Waals surface area (Å²) in [7, 11) is 4.11. The van der Waals surface area contributed by atoms with Gasteiger partial charge >= 0.3 is 0 Å². The zero-order chi connectivity index (χ0) is 12.1. The maximum atomic E-state index is 4.24. The predicted molar refractivity (Wildman–Crippen MR) is 71.2 cm³/mol. The van der Waals surface area contributed by atoms with E-state index in [1.165, 1.54) is 31.6 Å². The molecule has 1 aromatic rings. The summed E-state index contributed by atoms with van der Waals surface area (Å²) in [6, 6.07) is 4.24. The van der Waals surface area contributed by atoms with E-state index in [1.54, 1.807) is 0 Å². The topological polar surface area (TPSA) is 31.4 Å². The SMILES string of the molecule is CNc1cc(CN2CCCN(C)CC2)ccn1. The van der Waals surface area contributed by atoms with Gasteiger partial charge in [0.25, 0.3) is 0 Å². The van der Waals surface area contributed by atoms with Gasteiger partial charge in [-0.1, -0.05) is 0 Å². The van der Waals surface area contributed by atoms with Crippen LogP contribution in [0, 0.1) is 0 Å². The molecular formula is C13H22N4. The Morgan fingerprint density at radius 1 is 1.29 bits per heavy atom. The fraction of sp³-hybridized carbons (Fsp3) is 0.615. The maximum Gasteiger partial charge on any atom is 0.125 e. The number of nitrogens with one attached hydrogen (secondary N) is 1. The quantitative estimate of drug-likeness (QED) is 0.853. The van der Waals surface area contributed by atoms with Gasteiger partial charge in [-0.2, -0.15) is 0 Å². The number of pyridine rings is 1. The highest BCUT2D eigenvalue weighted by atomic mass is 15.2. The highest BCUT2D eigenvalue weighted by molar-refractivity contribution is 5.36. The molecule has 0 aromatic carbocycles. The van der Waals surface area contributed by atoms with E-state index in [-0.39, 0.29) is 0 Å². The molecule has 4 nitrogen and oxygen atoms in total. The predicted octanol–water partition coefficient (Wildman–Crippen LogP) is 1.26. The number of nitrogens with zero attached hydrogens (tertiary/aromatic N) is 3. The molecule has 0 spiro atoms. The monoisotopic (exact) mass is 234 g/mol. The zero-order valence-corrected chi connectivity index (χ0v) is 10.8. The van der Waals surface area contributed by atoms with Gasteiger partial charge in [0.2, 0.25) is 0 Å². The van der Waals surface area contributed by atoms with Crippen LogP contribution in [0.3, 0.4) is 0 Å². The number of hydrogen-bond donors (Lipinski definition) is 1. The van der Waals surface area contributed by atoms with Crippen LogP contribution in [0.2, 0.25) is 0 Å². The lowest BCUT2D eigenvalue weighted by Crippen LogP contribution is -2.28. The van der Waals surface area contributed by atoms with Gasteiger partial charge < -0.3 is 10.2 Å². The summed E-state index contributed by atoms with van der Waals surface area (Å²) in [6.07, 6.45) is 3.14. The lowest BCUT2D eigenvalue weighted by Gasteiger charge is -2.20. The Morgan fingerprint density at radius 3 is 3.00 bits per heavy atom. The lowest BCUT2D eigenvalue weighted by atomic mass is 10.2. The molecule has 1 aliphatic rings. The summed E-state index contributed by atoms with van der Waals surface area (Å²) < 4.78 is 0. The first kappa shape index (κ1) is 12.3. The normalized spacial score (nSPS) is 18.9. The van der Waals surface area contributed by atoms with Crippen molar-refractivity contribution in [2.45, 2.75) is 13.0 Å². The minimum atomic E-state index is 0.953. The number of hydrogen-bond acceptors (Lipinski definition) is 4. The van der Waals surface area contributed by atoms with Crippen molar-refractivity contribution >= 4 is 5.82 Å². The molecule has 1 N–H and O–H groups in total. The molecule has 0 bridgehead atoms. The van der Waals surface area contributed by atoms with Crippen molar-refractivity contribution in [3.8, 4) is 0 Å². The summed E-state index contributed by atoms with van der Waals surface area (Å²) in [5.41, 5.74) is 1.34. The third kappa shape index (κ3) is 3.68. The van der Waals surface area contributed by atoms with Crippen LogP contribution >= 0.6 is 0 Å². The molecule has 1 saturated heterocycles. The van der Waals surface area contributed by atoms with E-state index in [1.807, 2.05) is 13.2 Å². The average Bonchev–Trinajstić information content (AvgIpc) is 2.55. The lowest BCUT2D eigenvalue weighted by molar-refractivity contribution is 0.269. The first-order valence-electron chi connectivity index (χ1n) is 6.31. The Hall–Kier alpha value is -1.13. The van der Waals surface area contributed by atoms with E-state index in [2.05, 4.69) is 39.3 Å². The van der Waals surface area contributed by atoms with Crippen molar-refractivity contribution in [3.63, 3.8) is 0 Å². The van der Waals surface area contributed by atoms with Crippen molar-refractivity contribution in [2.75, 3.05) is 45.6 Å². The van der Waals surface area contributed by atoms with Crippen molar-refractivity contribution in [1.82, 2.24) is 14.8 Å². The van der Waals surface area contributed by atoms with Crippen LogP contribution in [0.4, 0.5) is 5.82 Å². The molecule has 0 amide bonds. The van der Waals surface area contributed by atoms with E-state index >= 15 is 0 Å². The van der Waals surface area contributed by atoms with Crippen LogP contribution in [-0.4, -0.2) is 55.1 Å². The number of aromatic nitrogens is 1. The number of anilines is 1. The van der Waals surface area contributed by atoms with Crippen molar-refractivity contribution < 1.29 is 0 Å². The van der Waals surface area contributed by atoms with E-state index in [0.717, 1.165) is 18.9 Å². The van der Waals surface area contributed by atoms with Crippen LogP contribution < -0.4 is 5.32 Å². The Bertz CT molecular complexity index is 353. The molecule has 1 aliphatic heterocycles. The zero-order valence-electron chi connectivity index (χ0n) is 10.8. The van der Waals surface area contributed by atoms with E-state index in [4.69, 9.17) is 0 Å². The molecule has 1 fully saturated rings. The van der Waals surface area contributed by atoms with Crippen molar-refractivity contribution in [3.05, 3.63) is 23.9 Å². The highest BCUT2D eigenvalue weighted by Gasteiger charge is 2.12. The first-order valence-corrected chi connectivity index (χ1v) is 6.31. The van der Waals surface area contributed by atoms with Crippen LogP contribution in [0.5, 0.6) is 0 Å². The Morgan fingerprint density at radius 2 is 2.18 bits per heavy atom. The maximum absolute atomic E-state index is 4.24. The van der Waals surface area contributed by atoms with Gasteiger partial charge in [0.05, 0.1) is 0 Å². The van der Waals surface area contributed by atoms with Gasteiger partial charge in [0, 0.05) is 32.9 Å². The van der Waals surface area contributed by atoms with Gasteiger partial charge in [-0.05, 0) is 44.3 Å². The van der Waals surface area contributed by atoms with Crippen LogP contribution in [0.15, 0.2) is 18.3 Å². The second-order valence-electron chi connectivity index (χ2n) is 4.73. The van der Waals surface area contributed by atoms with Crippen LogP contribution in [0.25, 0.3) is 0 Å². The third-order valence-electron chi connectivity index (χ3n) is 3.30. The number of likely N-dealkylation sites (N-methyl/N-ethyl adjacent to an activating group) is 1. The molecule has 0 atom stereocenters. The van der Waals surface area contributed by atoms with Crippen molar-refractivity contribution in [1.29, 1.82) is 0 Å². The Balaban J connectivity index is 1.94. The summed E-state index contributed by atoms with van der Waals surface area (Å²) >= 11 is 0. The molecule has 0 unspecified atom stereocenters. The van der Waals surface area contributed by atoms with Gasteiger partial charge in [-0.3, -0.25) is 4.90 Å². The average molecular weight is 234 g/mol. The molecule has 2 heterocycles. The molecular weight excluding hydrogens is 212 g/mol. The Kier molecular flexibility index (Phi) is 4.34. The van der Waals surface area contributed by atoms with E-state index in [9.17, 15) is 0 Å². The van der Waals surface area contributed by atoms with Gasteiger partial charge in [-0.15, -0.1) is 0 Å². The van der Waals surface area contributed by atoms with E-state index < -0.39 is 0 Å². The smallest absolute Gasteiger partial charge is 0.125 e.